The van der Waals surface area contributed by atoms with Crippen LogP contribution in [0.5, 0.6) is 0 Å². The molecule has 0 atom stereocenters. The first-order valence-corrected chi connectivity index (χ1v) is 6.64. The predicted octanol–water partition coefficient (Wildman–Crippen LogP) is 2.08. The summed E-state index contributed by atoms with van der Waals surface area (Å²) in [7, 11) is 0. The molecule has 20 heavy (non-hydrogen) atoms. The topological polar surface area (TPSA) is 77.2 Å². The van der Waals surface area contributed by atoms with Crippen LogP contribution in [0.15, 0.2) is 30.5 Å². The summed E-state index contributed by atoms with van der Waals surface area (Å²) in [6.45, 7) is 0.926. The molecule has 1 N–H and O–H groups in total. The zero-order chi connectivity index (χ0) is 14.1. The van der Waals surface area contributed by atoms with Crippen LogP contribution in [0.1, 0.15) is 12.8 Å². The minimum Gasteiger partial charge on any atom is -0.354 e. The summed E-state index contributed by atoms with van der Waals surface area (Å²) in [6.07, 6.45) is 4.10. The van der Waals surface area contributed by atoms with Crippen molar-refractivity contribution in [1.82, 2.24) is 9.88 Å². The largest absolute Gasteiger partial charge is 0.354 e. The van der Waals surface area contributed by atoms with Crippen LogP contribution in [-0.4, -0.2) is 21.9 Å². The molecule has 1 amide bonds. The van der Waals surface area contributed by atoms with Crippen molar-refractivity contribution in [2.75, 3.05) is 6.54 Å². The van der Waals surface area contributed by atoms with Gasteiger partial charge in [0, 0.05) is 18.8 Å². The Morgan fingerprint density at radius 2 is 2.20 bits per heavy atom. The van der Waals surface area contributed by atoms with E-state index in [1.807, 2.05) is 0 Å². The van der Waals surface area contributed by atoms with E-state index in [1.165, 1.54) is 18.9 Å². The molecule has 1 aliphatic carbocycles. The highest BCUT2D eigenvalue weighted by Crippen LogP contribution is 2.28. The van der Waals surface area contributed by atoms with Crippen LogP contribution in [0.3, 0.4) is 0 Å². The molecule has 0 unspecified atom stereocenters. The van der Waals surface area contributed by atoms with Crippen molar-refractivity contribution >= 4 is 22.5 Å². The van der Waals surface area contributed by atoms with Gasteiger partial charge in [-0.15, -0.1) is 0 Å². The number of nitro groups is 1. The van der Waals surface area contributed by atoms with Crippen molar-refractivity contribution in [3.63, 3.8) is 0 Å². The number of non-ortho nitro benzene ring substituents is 1. The van der Waals surface area contributed by atoms with E-state index >= 15 is 0 Å². The monoisotopic (exact) mass is 273 g/mol. The van der Waals surface area contributed by atoms with Gasteiger partial charge in [-0.1, -0.05) is 6.07 Å². The maximum absolute atomic E-state index is 11.8. The summed E-state index contributed by atoms with van der Waals surface area (Å²) >= 11 is 0. The molecule has 1 aliphatic rings. The molecule has 3 rings (SSSR count). The third-order valence-electron chi connectivity index (χ3n) is 3.59. The van der Waals surface area contributed by atoms with Crippen LogP contribution < -0.4 is 5.32 Å². The Morgan fingerprint density at radius 1 is 1.40 bits per heavy atom. The molecule has 1 saturated carbocycles. The average Bonchev–Trinajstić information content (AvgIpc) is 3.18. The molecule has 0 bridgehead atoms. The second-order valence-corrected chi connectivity index (χ2v) is 5.16. The molecule has 1 heterocycles. The number of nitrogens with zero attached hydrogens (tertiary/aromatic N) is 2. The number of nitrogens with one attached hydrogen (secondary N) is 1. The van der Waals surface area contributed by atoms with Crippen molar-refractivity contribution < 1.29 is 9.72 Å². The van der Waals surface area contributed by atoms with Gasteiger partial charge < -0.3 is 9.88 Å². The first kappa shape index (κ1) is 12.7. The lowest BCUT2D eigenvalue weighted by Crippen LogP contribution is -2.29. The lowest BCUT2D eigenvalue weighted by Gasteiger charge is -2.06. The first-order valence-electron chi connectivity index (χ1n) is 6.64. The van der Waals surface area contributed by atoms with Gasteiger partial charge in [-0.3, -0.25) is 14.9 Å². The molecule has 104 valence electrons. The predicted molar refractivity (Wildman–Crippen MR) is 74.3 cm³/mol. The number of rotatable bonds is 5. The fourth-order valence-corrected chi connectivity index (χ4v) is 2.30. The van der Waals surface area contributed by atoms with Gasteiger partial charge in [0.05, 0.1) is 15.8 Å². The Morgan fingerprint density at radius 3 is 2.90 bits per heavy atom. The Labute approximate surface area is 115 Å². The molecule has 1 fully saturated rings. The van der Waals surface area contributed by atoms with E-state index in [4.69, 9.17) is 0 Å². The number of nitro benzene ring substituents is 1. The van der Waals surface area contributed by atoms with Gasteiger partial charge in [0.25, 0.3) is 5.69 Å². The third kappa shape index (κ3) is 2.49. The van der Waals surface area contributed by atoms with E-state index in [-0.39, 0.29) is 18.1 Å². The number of benzene rings is 1. The minimum atomic E-state index is -0.403. The Kier molecular flexibility index (Phi) is 3.14. The minimum absolute atomic E-state index is 0.0547. The molecular weight excluding hydrogens is 258 g/mol. The highest BCUT2D eigenvalue weighted by Gasteiger charge is 2.21. The van der Waals surface area contributed by atoms with E-state index in [1.54, 1.807) is 29.0 Å². The number of carbonyl (C=O) groups excluding carboxylic acids is 1. The van der Waals surface area contributed by atoms with Gasteiger partial charge in [-0.25, -0.2) is 0 Å². The highest BCUT2D eigenvalue weighted by atomic mass is 16.6. The Balaban J connectivity index is 1.79. The molecular formula is C14H15N3O3. The summed E-state index contributed by atoms with van der Waals surface area (Å²) in [6, 6.07) is 6.58. The lowest BCUT2D eigenvalue weighted by molar-refractivity contribution is -0.383. The van der Waals surface area contributed by atoms with Crippen LogP contribution in [0, 0.1) is 16.0 Å². The quantitative estimate of drug-likeness (QED) is 0.669. The molecule has 1 aromatic heterocycles. The second kappa shape index (κ2) is 4.96. The zero-order valence-corrected chi connectivity index (χ0v) is 10.9. The molecule has 6 heteroatoms. The van der Waals surface area contributed by atoms with Gasteiger partial charge in [-0.05, 0) is 30.9 Å². The van der Waals surface area contributed by atoms with Crippen molar-refractivity contribution in [2.45, 2.75) is 19.4 Å². The molecule has 0 aliphatic heterocycles. The number of fused-ring (bicyclic) bond motifs is 1. The lowest BCUT2D eigenvalue weighted by atomic mass is 10.2. The molecule has 1 aromatic carbocycles. The fourth-order valence-electron chi connectivity index (χ4n) is 2.30. The van der Waals surface area contributed by atoms with E-state index in [2.05, 4.69) is 5.32 Å². The van der Waals surface area contributed by atoms with Crippen LogP contribution in [0.25, 0.3) is 10.9 Å². The van der Waals surface area contributed by atoms with E-state index in [9.17, 15) is 14.9 Å². The number of amides is 1. The third-order valence-corrected chi connectivity index (χ3v) is 3.59. The number of carbonyl (C=O) groups is 1. The van der Waals surface area contributed by atoms with Gasteiger partial charge >= 0.3 is 0 Å². The standard InChI is InChI=1S/C14H15N3O3/c18-14(15-8-10-4-5-10)9-16-7-6-11-12(16)2-1-3-13(11)17(19)20/h1-3,6-7,10H,4-5,8-9H2,(H,15,18). The Bertz CT molecular complexity index is 673. The highest BCUT2D eigenvalue weighted by molar-refractivity contribution is 5.90. The normalized spacial score (nSPS) is 14.4. The zero-order valence-electron chi connectivity index (χ0n) is 10.9. The summed E-state index contributed by atoms with van der Waals surface area (Å²) in [5, 5.41) is 14.4. The van der Waals surface area contributed by atoms with E-state index in [0.29, 0.717) is 16.8 Å². The fraction of sp³-hybridized carbons (Fsp3) is 0.357. The summed E-state index contributed by atoms with van der Waals surface area (Å²) in [5.41, 5.74) is 0.778. The van der Waals surface area contributed by atoms with Crippen molar-refractivity contribution in [2.24, 2.45) is 5.92 Å². The molecule has 0 spiro atoms. The van der Waals surface area contributed by atoms with Crippen LogP contribution >= 0.6 is 0 Å². The average molecular weight is 273 g/mol. The number of aromatic nitrogens is 1. The van der Waals surface area contributed by atoms with Crippen LogP contribution in [0.4, 0.5) is 5.69 Å². The SMILES string of the molecule is O=C(Cn1ccc2c([N+](=O)[O-])cccc21)NCC1CC1. The molecule has 6 nitrogen and oxygen atoms in total. The van der Waals surface area contributed by atoms with Gasteiger partial charge in [0.15, 0.2) is 0 Å². The van der Waals surface area contributed by atoms with Crippen molar-refractivity contribution in [1.29, 1.82) is 0 Å². The second-order valence-electron chi connectivity index (χ2n) is 5.16. The summed E-state index contributed by atoms with van der Waals surface area (Å²) in [4.78, 5) is 22.4. The van der Waals surface area contributed by atoms with E-state index in [0.717, 1.165) is 6.54 Å². The summed E-state index contributed by atoms with van der Waals surface area (Å²) < 4.78 is 1.74. The maximum Gasteiger partial charge on any atom is 0.278 e. The maximum atomic E-state index is 11.8. The Hall–Kier alpha value is -2.37. The molecule has 2 aromatic rings. The van der Waals surface area contributed by atoms with Crippen LogP contribution in [0.2, 0.25) is 0 Å². The number of hydrogen-bond donors (Lipinski definition) is 1. The van der Waals surface area contributed by atoms with Crippen molar-refractivity contribution in [3.8, 4) is 0 Å². The van der Waals surface area contributed by atoms with Gasteiger partial charge in [0.1, 0.15) is 6.54 Å². The number of hydrogen-bond acceptors (Lipinski definition) is 3. The van der Waals surface area contributed by atoms with Gasteiger partial charge in [-0.2, -0.15) is 0 Å². The van der Waals surface area contributed by atoms with Gasteiger partial charge in [0.2, 0.25) is 5.91 Å². The first-order chi connectivity index (χ1) is 9.65. The molecule has 0 saturated heterocycles. The van der Waals surface area contributed by atoms with Crippen molar-refractivity contribution in [3.05, 3.63) is 40.6 Å². The summed E-state index contributed by atoms with van der Waals surface area (Å²) in [5.74, 6) is 0.586. The molecule has 0 radical (unpaired) electrons. The van der Waals surface area contributed by atoms with E-state index < -0.39 is 4.92 Å². The van der Waals surface area contributed by atoms with Crippen LogP contribution in [-0.2, 0) is 11.3 Å². The smallest absolute Gasteiger partial charge is 0.278 e.